The Hall–Kier alpha value is -0.550. The highest BCUT2D eigenvalue weighted by Gasteiger charge is 2.41. The zero-order valence-electron chi connectivity index (χ0n) is 8.18. The van der Waals surface area contributed by atoms with Gasteiger partial charge in [0, 0.05) is 25.4 Å². The zero-order valence-corrected chi connectivity index (χ0v) is 9.77. The van der Waals surface area contributed by atoms with E-state index in [-0.39, 0.29) is 12.2 Å². The van der Waals surface area contributed by atoms with Crippen LogP contribution < -0.4 is 4.74 Å². The summed E-state index contributed by atoms with van der Waals surface area (Å²) >= 11 is 3.52. The Morgan fingerprint density at radius 3 is 2.93 bits per heavy atom. The number of ether oxygens (including phenoxy) is 2. The maximum absolute atomic E-state index is 5.71. The molecule has 1 aromatic heterocycles. The van der Waals surface area contributed by atoms with Crippen molar-refractivity contribution in [3.63, 3.8) is 0 Å². The lowest BCUT2D eigenvalue weighted by atomic mass is 9.91. The molecule has 78 valence electrons. The summed E-state index contributed by atoms with van der Waals surface area (Å²) in [6, 6.07) is 0. The van der Waals surface area contributed by atoms with Gasteiger partial charge in [0.2, 0.25) is 0 Å². The third-order valence-electron chi connectivity index (χ3n) is 2.42. The van der Waals surface area contributed by atoms with E-state index in [1.54, 1.807) is 18.0 Å². The fraction of sp³-hybridized carbons (Fsp3) is 0.667. The van der Waals surface area contributed by atoms with Gasteiger partial charge in [-0.25, -0.2) is 0 Å². The van der Waals surface area contributed by atoms with Gasteiger partial charge in [0.05, 0.1) is 12.4 Å². The highest BCUT2D eigenvalue weighted by molar-refractivity contribution is 9.09. The van der Waals surface area contributed by atoms with Crippen molar-refractivity contribution in [1.82, 2.24) is 9.78 Å². The second kappa shape index (κ2) is 3.90. The molecule has 1 aliphatic rings. The second-order valence-electron chi connectivity index (χ2n) is 3.46. The molecule has 0 amide bonds. The Labute approximate surface area is 91.3 Å². The molecule has 3 unspecified atom stereocenters. The van der Waals surface area contributed by atoms with Crippen LogP contribution in [-0.4, -0.2) is 33.9 Å². The van der Waals surface area contributed by atoms with Crippen LogP contribution in [0.15, 0.2) is 12.4 Å². The highest BCUT2D eigenvalue weighted by Crippen LogP contribution is 2.33. The molecule has 0 saturated heterocycles. The van der Waals surface area contributed by atoms with Gasteiger partial charge < -0.3 is 9.47 Å². The van der Waals surface area contributed by atoms with Gasteiger partial charge in [-0.3, -0.25) is 4.68 Å². The van der Waals surface area contributed by atoms with Crippen LogP contribution in [0, 0.1) is 0 Å². The van der Waals surface area contributed by atoms with Crippen LogP contribution in [-0.2, 0) is 11.8 Å². The van der Waals surface area contributed by atoms with Crippen LogP contribution >= 0.6 is 15.9 Å². The Bertz CT molecular complexity index is 316. The Balaban J connectivity index is 1.93. The summed E-state index contributed by atoms with van der Waals surface area (Å²) in [5.74, 6) is 0.805. The van der Waals surface area contributed by atoms with Crippen LogP contribution in [0.2, 0.25) is 0 Å². The van der Waals surface area contributed by atoms with Crippen LogP contribution in [0.1, 0.15) is 6.42 Å². The van der Waals surface area contributed by atoms with Gasteiger partial charge in [-0.1, -0.05) is 15.9 Å². The van der Waals surface area contributed by atoms with Gasteiger partial charge in [-0.2, -0.15) is 5.10 Å². The number of hydrogen-bond acceptors (Lipinski definition) is 3. The first-order valence-corrected chi connectivity index (χ1v) is 5.44. The lowest BCUT2D eigenvalue weighted by Gasteiger charge is -2.39. The third-order valence-corrected chi connectivity index (χ3v) is 3.32. The molecular formula is C9H13BrN2O2. The zero-order chi connectivity index (χ0) is 10.1. The van der Waals surface area contributed by atoms with E-state index in [4.69, 9.17) is 9.47 Å². The quantitative estimate of drug-likeness (QED) is 0.770. The number of methoxy groups -OCH3 is 1. The maximum atomic E-state index is 5.71. The van der Waals surface area contributed by atoms with E-state index in [9.17, 15) is 0 Å². The van der Waals surface area contributed by atoms with E-state index in [0.717, 1.165) is 12.2 Å². The van der Waals surface area contributed by atoms with Gasteiger partial charge in [-0.15, -0.1) is 0 Å². The number of alkyl halides is 1. The Morgan fingerprint density at radius 2 is 2.43 bits per heavy atom. The van der Waals surface area contributed by atoms with Crippen molar-refractivity contribution in [2.75, 3.05) is 7.11 Å². The minimum Gasteiger partial charge on any atom is -0.484 e. The van der Waals surface area contributed by atoms with Crippen molar-refractivity contribution in [2.45, 2.75) is 23.5 Å². The number of rotatable bonds is 3. The summed E-state index contributed by atoms with van der Waals surface area (Å²) in [5.41, 5.74) is 0. The lowest BCUT2D eigenvalue weighted by Crippen LogP contribution is -2.51. The Morgan fingerprint density at radius 1 is 1.64 bits per heavy atom. The summed E-state index contributed by atoms with van der Waals surface area (Å²) in [7, 11) is 3.58. The molecule has 1 heterocycles. The fourth-order valence-corrected chi connectivity index (χ4v) is 2.50. The number of halogens is 1. The van der Waals surface area contributed by atoms with Crippen molar-refractivity contribution >= 4 is 15.9 Å². The van der Waals surface area contributed by atoms with Crippen LogP contribution in [0.25, 0.3) is 0 Å². The molecule has 1 fully saturated rings. The molecular weight excluding hydrogens is 248 g/mol. The number of nitrogens with zero attached hydrogens (tertiary/aromatic N) is 2. The van der Waals surface area contributed by atoms with E-state index >= 15 is 0 Å². The van der Waals surface area contributed by atoms with Crippen LogP contribution in [0.3, 0.4) is 0 Å². The van der Waals surface area contributed by atoms with E-state index in [2.05, 4.69) is 21.0 Å². The smallest absolute Gasteiger partial charge is 0.157 e. The molecule has 3 atom stereocenters. The summed E-state index contributed by atoms with van der Waals surface area (Å²) in [4.78, 5) is 0.411. The minimum atomic E-state index is 0.147. The van der Waals surface area contributed by atoms with Gasteiger partial charge in [0.1, 0.15) is 12.2 Å². The fourth-order valence-electron chi connectivity index (χ4n) is 1.58. The number of hydrogen-bond donors (Lipinski definition) is 0. The Kier molecular flexibility index (Phi) is 2.78. The molecule has 0 radical (unpaired) electrons. The molecule has 0 aliphatic heterocycles. The van der Waals surface area contributed by atoms with Crippen molar-refractivity contribution in [1.29, 1.82) is 0 Å². The molecule has 0 N–H and O–H groups in total. The topological polar surface area (TPSA) is 36.3 Å². The lowest BCUT2D eigenvalue weighted by molar-refractivity contribution is -0.0545. The first-order valence-electron chi connectivity index (χ1n) is 4.53. The average molecular weight is 261 g/mol. The molecule has 0 spiro atoms. The standard InChI is InChI=1S/C9H13BrN2O2/c1-12-5-6(4-11-12)14-8-3-7(10)9(8)13-2/h4-5,7-9H,3H2,1-2H3. The molecule has 0 bridgehead atoms. The molecule has 2 rings (SSSR count). The summed E-state index contributed by atoms with van der Waals surface area (Å²) in [6.07, 6.45) is 4.85. The molecule has 14 heavy (non-hydrogen) atoms. The number of aryl methyl sites for hydroxylation is 1. The first kappa shape index (κ1) is 9.98. The normalized spacial score (nSPS) is 31.2. The molecule has 5 heteroatoms. The van der Waals surface area contributed by atoms with E-state index < -0.39 is 0 Å². The molecule has 4 nitrogen and oxygen atoms in total. The number of aromatic nitrogens is 2. The van der Waals surface area contributed by atoms with Gasteiger partial charge in [0.25, 0.3) is 0 Å². The highest BCUT2D eigenvalue weighted by atomic mass is 79.9. The predicted molar refractivity (Wildman–Crippen MR) is 55.8 cm³/mol. The average Bonchev–Trinajstić information content (AvgIpc) is 2.51. The van der Waals surface area contributed by atoms with E-state index in [0.29, 0.717) is 4.83 Å². The van der Waals surface area contributed by atoms with Gasteiger partial charge in [-0.05, 0) is 0 Å². The monoisotopic (exact) mass is 260 g/mol. The van der Waals surface area contributed by atoms with Crippen molar-refractivity contribution in [3.05, 3.63) is 12.4 Å². The van der Waals surface area contributed by atoms with Crippen LogP contribution in [0.4, 0.5) is 0 Å². The maximum Gasteiger partial charge on any atom is 0.157 e. The van der Waals surface area contributed by atoms with Crippen molar-refractivity contribution < 1.29 is 9.47 Å². The molecule has 0 aromatic carbocycles. The van der Waals surface area contributed by atoms with Crippen LogP contribution in [0.5, 0.6) is 5.75 Å². The second-order valence-corrected chi connectivity index (χ2v) is 4.63. The summed E-state index contributed by atoms with van der Waals surface area (Å²) < 4.78 is 12.7. The third kappa shape index (κ3) is 1.79. The molecule has 1 aromatic rings. The van der Waals surface area contributed by atoms with Crippen molar-refractivity contribution in [2.24, 2.45) is 7.05 Å². The molecule has 1 saturated carbocycles. The largest absolute Gasteiger partial charge is 0.484 e. The predicted octanol–water partition coefficient (Wildman–Crippen LogP) is 1.35. The van der Waals surface area contributed by atoms with E-state index in [1.165, 1.54) is 0 Å². The first-order chi connectivity index (χ1) is 6.70. The molecule has 1 aliphatic carbocycles. The van der Waals surface area contributed by atoms with Gasteiger partial charge >= 0.3 is 0 Å². The summed E-state index contributed by atoms with van der Waals surface area (Å²) in [6.45, 7) is 0. The SMILES string of the molecule is COC1C(Br)CC1Oc1cnn(C)c1. The van der Waals surface area contributed by atoms with Gasteiger partial charge in [0.15, 0.2) is 5.75 Å². The van der Waals surface area contributed by atoms with Crippen molar-refractivity contribution in [3.8, 4) is 5.75 Å². The summed E-state index contributed by atoms with van der Waals surface area (Å²) in [5, 5.41) is 4.04. The minimum absolute atomic E-state index is 0.147. The van der Waals surface area contributed by atoms with E-state index in [1.807, 2.05) is 13.2 Å².